The number of carbonyl (C=O) groups excluding carboxylic acids is 1. The highest BCUT2D eigenvalue weighted by Gasteiger charge is 2.26. The summed E-state index contributed by atoms with van der Waals surface area (Å²) in [6.45, 7) is 6.37. The van der Waals surface area contributed by atoms with Gasteiger partial charge in [0, 0.05) is 43.8 Å². The van der Waals surface area contributed by atoms with Crippen molar-refractivity contribution in [3.05, 3.63) is 103 Å². The largest absolute Gasteiger partial charge is 0.465 e. The standard InChI is InChI=1S/C28H33ClN4O5/c1-2-38-26(35)19-33-25(34)18-24(30-28(33)36)20-37-17-16-31-12-14-32(15-13-31)27(21-6-4-3-5-7-21)22-8-10-23(29)11-9-22/h3-11,18,27H,2,12-17,19-20H2,1H3,(H,30,36). The topological polar surface area (TPSA) is 96.9 Å². The van der Waals surface area contributed by atoms with E-state index in [1.165, 1.54) is 17.2 Å². The van der Waals surface area contributed by atoms with Crippen LogP contribution in [-0.2, 0) is 27.4 Å². The number of nitrogens with zero attached hydrogens (tertiary/aromatic N) is 3. The number of H-pyrrole nitrogens is 1. The van der Waals surface area contributed by atoms with Gasteiger partial charge in [-0.1, -0.05) is 54.1 Å². The number of hydrogen-bond acceptors (Lipinski definition) is 7. The Labute approximate surface area is 226 Å². The van der Waals surface area contributed by atoms with Crippen molar-refractivity contribution in [2.45, 2.75) is 26.1 Å². The molecule has 1 aliphatic rings. The van der Waals surface area contributed by atoms with Crippen molar-refractivity contribution in [3.63, 3.8) is 0 Å². The zero-order chi connectivity index (χ0) is 26.9. The van der Waals surface area contributed by atoms with E-state index in [1.54, 1.807) is 6.92 Å². The van der Waals surface area contributed by atoms with Gasteiger partial charge < -0.3 is 14.5 Å². The lowest BCUT2D eigenvalue weighted by molar-refractivity contribution is -0.143. The lowest BCUT2D eigenvalue weighted by atomic mass is 9.96. The third-order valence-electron chi connectivity index (χ3n) is 6.55. The van der Waals surface area contributed by atoms with Crippen LogP contribution in [0.1, 0.15) is 29.8 Å². The number of esters is 1. The quantitative estimate of drug-likeness (QED) is 0.295. The van der Waals surface area contributed by atoms with Gasteiger partial charge in [0.15, 0.2) is 0 Å². The van der Waals surface area contributed by atoms with Crippen LogP contribution in [0.4, 0.5) is 0 Å². The molecule has 38 heavy (non-hydrogen) atoms. The van der Waals surface area contributed by atoms with Crippen LogP contribution in [0, 0.1) is 0 Å². The molecule has 2 heterocycles. The molecule has 0 radical (unpaired) electrons. The Morgan fingerprint density at radius 2 is 1.68 bits per heavy atom. The highest BCUT2D eigenvalue weighted by Crippen LogP contribution is 2.30. The van der Waals surface area contributed by atoms with Gasteiger partial charge in [0.25, 0.3) is 5.56 Å². The molecule has 0 aliphatic carbocycles. The lowest BCUT2D eigenvalue weighted by Gasteiger charge is -2.39. The number of aromatic amines is 1. The molecule has 202 valence electrons. The van der Waals surface area contributed by atoms with Crippen LogP contribution in [-0.4, -0.2) is 71.3 Å². The molecule has 1 aliphatic heterocycles. The first-order valence-electron chi connectivity index (χ1n) is 12.8. The maximum atomic E-state index is 12.2. The Kier molecular flexibility index (Phi) is 9.89. The summed E-state index contributed by atoms with van der Waals surface area (Å²) in [6, 6.07) is 20.0. The van der Waals surface area contributed by atoms with Gasteiger partial charge in [-0.3, -0.25) is 19.4 Å². The summed E-state index contributed by atoms with van der Waals surface area (Å²) >= 11 is 6.13. The Morgan fingerprint density at radius 1 is 1.00 bits per heavy atom. The smallest absolute Gasteiger partial charge is 0.329 e. The molecule has 3 aromatic rings. The van der Waals surface area contributed by atoms with Gasteiger partial charge in [0.2, 0.25) is 0 Å². The molecule has 0 bridgehead atoms. The SMILES string of the molecule is CCOC(=O)Cn1c(=O)cc(COCCN2CCN(C(c3ccccc3)c3ccc(Cl)cc3)CC2)[nH]c1=O. The second-order valence-corrected chi connectivity index (χ2v) is 9.56. The molecule has 1 fully saturated rings. The van der Waals surface area contributed by atoms with E-state index in [1.807, 2.05) is 18.2 Å². The minimum atomic E-state index is -0.658. The van der Waals surface area contributed by atoms with Crippen molar-refractivity contribution in [1.82, 2.24) is 19.4 Å². The fraction of sp³-hybridized carbons (Fsp3) is 0.393. The predicted octanol–water partition coefficient (Wildman–Crippen LogP) is 2.68. The second-order valence-electron chi connectivity index (χ2n) is 9.12. The van der Waals surface area contributed by atoms with Gasteiger partial charge in [0.1, 0.15) is 6.54 Å². The van der Waals surface area contributed by atoms with Gasteiger partial charge in [0.05, 0.1) is 31.6 Å². The monoisotopic (exact) mass is 540 g/mol. The number of aromatic nitrogens is 2. The summed E-state index contributed by atoms with van der Waals surface area (Å²) < 4.78 is 11.4. The summed E-state index contributed by atoms with van der Waals surface area (Å²) in [5, 5.41) is 0.729. The summed E-state index contributed by atoms with van der Waals surface area (Å²) in [6.07, 6.45) is 0. The third-order valence-corrected chi connectivity index (χ3v) is 6.80. The van der Waals surface area contributed by atoms with Gasteiger partial charge in [-0.25, -0.2) is 9.36 Å². The van der Waals surface area contributed by atoms with E-state index in [0.717, 1.165) is 42.3 Å². The first kappa shape index (κ1) is 27.8. The first-order chi connectivity index (χ1) is 18.4. The summed E-state index contributed by atoms with van der Waals surface area (Å²) in [7, 11) is 0. The average Bonchev–Trinajstić information content (AvgIpc) is 2.92. The molecule has 9 nitrogen and oxygen atoms in total. The number of rotatable bonds is 11. The first-order valence-corrected chi connectivity index (χ1v) is 13.2. The Morgan fingerprint density at radius 3 is 2.34 bits per heavy atom. The van der Waals surface area contributed by atoms with Crippen molar-refractivity contribution in [1.29, 1.82) is 0 Å². The Balaban J connectivity index is 1.27. The summed E-state index contributed by atoms with van der Waals surface area (Å²) in [5.74, 6) is -0.632. The highest BCUT2D eigenvalue weighted by atomic mass is 35.5. The number of halogens is 1. The average molecular weight is 541 g/mol. The fourth-order valence-corrected chi connectivity index (χ4v) is 4.77. The number of hydrogen-bond donors (Lipinski definition) is 1. The molecule has 1 N–H and O–H groups in total. The van der Waals surface area contributed by atoms with Crippen LogP contribution < -0.4 is 11.2 Å². The van der Waals surface area contributed by atoms with Crippen molar-refractivity contribution in [3.8, 4) is 0 Å². The maximum absolute atomic E-state index is 12.2. The normalized spacial score (nSPS) is 15.3. The molecule has 0 spiro atoms. The van der Waals surface area contributed by atoms with Crippen molar-refractivity contribution < 1.29 is 14.3 Å². The predicted molar refractivity (Wildman–Crippen MR) is 145 cm³/mol. The molecule has 0 saturated carbocycles. The fourth-order valence-electron chi connectivity index (χ4n) is 4.65. The van der Waals surface area contributed by atoms with Gasteiger partial charge in [-0.15, -0.1) is 0 Å². The lowest BCUT2D eigenvalue weighted by Crippen LogP contribution is -2.48. The number of piperazine rings is 1. The number of ether oxygens (including phenoxy) is 2. The van der Waals surface area contributed by atoms with Crippen LogP contribution in [0.15, 0.2) is 70.3 Å². The second kappa shape index (κ2) is 13.5. The van der Waals surface area contributed by atoms with Crippen LogP contribution in [0.25, 0.3) is 0 Å². The van der Waals surface area contributed by atoms with Crippen LogP contribution >= 0.6 is 11.6 Å². The van der Waals surface area contributed by atoms with Crippen LogP contribution in [0.5, 0.6) is 0 Å². The van der Waals surface area contributed by atoms with Gasteiger partial charge in [-0.2, -0.15) is 0 Å². The molecular weight excluding hydrogens is 508 g/mol. The summed E-state index contributed by atoms with van der Waals surface area (Å²) in [4.78, 5) is 43.5. The molecule has 1 atom stereocenters. The molecule has 2 aromatic carbocycles. The third kappa shape index (κ3) is 7.41. The van der Waals surface area contributed by atoms with Crippen molar-refractivity contribution in [2.24, 2.45) is 0 Å². The molecule has 4 rings (SSSR count). The van der Waals surface area contributed by atoms with Crippen molar-refractivity contribution in [2.75, 3.05) is 45.9 Å². The zero-order valence-electron chi connectivity index (χ0n) is 21.5. The molecule has 1 saturated heterocycles. The van der Waals surface area contributed by atoms with Crippen LogP contribution in [0.3, 0.4) is 0 Å². The van der Waals surface area contributed by atoms with E-state index in [2.05, 4.69) is 51.2 Å². The van der Waals surface area contributed by atoms with E-state index in [-0.39, 0.29) is 19.3 Å². The number of benzene rings is 2. The van der Waals surface area contributed by atoms with Crippen molar-refractivity contribution >= 4 is 17.6 Å². The molecule has 0 amide bonds. The molecular formula is C28H33ClN4O5. The zero-order valence-corrected chi connectivity index (χ0v) is 22.2. The van der Waals surface area contributed by atoms with Gasteiger partial charge in [-0.05, 0) is 30.2 Å². The number of carbonyl (C=O) groups is 1. The molecule has 1 unspecified atom stereocenters. The Bertz CT molecular complexity index is 1270. The molecule has 1 aromatic heterocycles. The Hall–Kier alpha value is -3.24. The number of nitrogens with one attached hydrogen (secondary N) is 1. The van der Waals surface area contributed by atoms with E-state index < -0.39 is 23.8 Å². The van der Waals surface area contributed by atoms with Crippen LogP contribution in [0.2, 0.25) is 5.02 Å². The minimum Gasteiger partial charge on any atom is -0.465 e. The maximum Gasteiger partial charge on any atom is 0.329 e. The molecule has 10 heteroatoms. The highest BCUT2D eigenvalue weighted by molar-refractivity contribution is 6.30. The van der Waals surface area contributed by atoms with E-state index in [9.17, 15) is 14.4 Å². The van der Waals surface area contributed by atoms with Gasteiger partial charge >= 0.3 is 11.7 Å². The van der Waals surface area contributed by atoms with E-state index in [0.29, 0.717) is 12.3 Å². The minimum absolute atomic E-state index is 0.108. The van der Waals surface area contributed by atoms with E-state index >= 15 is 0 Å². The summed E-state index contributed by atoms with van der Waals surface area (Å²) in [5.41, 5.74) is 1.62. The van der Waals surface area contributed by atoms with E-state index in [4.69, 9.17) is 21.1 Å².